The fourth-order valence-electron chi connectivity index (χ4n) is 2.02. The first kappa shape index (κ1) is 17.9. The molecule has 0 heterocycles. The van der Waals surface area contributed by atoms with Gasteiger partial charge in [-0.1, -0.05) is 64.7 Å². The maximum Gasteiger partial charge on any atom is 0.232 e. The van der Waals surface area contributed by atoms with Gasteiger partial charge >= 0.3 is 0 Å². The Morgan fingerprint density at radius 2 is 1.53 bits per heavy atom. The summed E-state index contributed by atoms with van der Waals surface area (Å²) in [6.45, 7) is 3.22. The van der Waals surface area contributed by atoms with Crippen molar-refractivity contribution in [1.82, 2.24) is 5.32 Å². The normalized spacial score (nSPS) is 10.2. The fourth-order valence-corrected chi connectivity index (χ4v) is 2.02. The Morgan fingerprint density at radius 3 is 2.05 bits per heavy atom. The molecule has 0 aliphatic heterocycles. The van der Waals surface area contributed by atoms with Gasteiger partial charge in [0.25, 0.3) is 0 Å². The lowest BCUT2D eigenvalue weighted by atomic mass is 10.1. The first-order valence-corrected chi connectivity index (χ1v) is 7.60. The van der Waals surface area contributed by atoms with Crippen LogP contribution in [0.25, 0.3) is 10.4 Å². The van der Waals surface area contributed by atoms with Crippen LogP contribution >= 0.6 is 0 Å². The summed E-state index contributed by atoms with van der Waals surface area (Å²) in [4.78, 5) is 13.3. The summed E-state index contributed by atoms with van der Waals surface area (Å²) in [5.41, 5.74) is 8.04. The second-order valence-electron chi connectivity index (χ2n) is 4.94. The Morgan fingerprint density at radius 1 is 1.00 bits per heavy atom. The number of carbonyl (C=O) groups is 1. The standard InChI is InChI=1S/C14H28N4O/c1-2-3-4-5-6-7-8-9-10-11-12-16-13-14(19)17-18-15/h16H,2-13H2,1H3. The summed E-state index contributed by atoms with van der Waals surface area (Å²) in [5, 5.41) is 5.97. The van der Waals surface area contributed by atoms with Crippen LogP contribution in [0.5, 0.6) is 0 Å². The van der Waals surface area contributed by atoms with Gasteiger partial charge in [-0.3, -0.25) is 4.79 Å². The summed E-state index contributed by atoms with van der Waals surface area (Å²) >= 11 is 0. The summed E-state index contributed by atoms with van der Waals surface area (Å²) in [5.74, 6) is -0.436. The molecule has 5 nitrogen and oxygen atoms in total. The molecule has 0 aromatic heterocycles. The van der Waals surface area contributed by atoms with Gasteiger partial charge < -0.3 is 5.32 Å². The molecule has 0 spiro atoms. The van der Waals surface area contributed by atoms with Crippen molar-refractivity contribution in [3.8, 4) is 0 Å². The van der Waals surface area contributed by atoms with Gasteiger partial charge in [-0.15, -0.1) is 0 Å². The van der Waals surface area contributed by atoms with E-state index in [1.54, 1.807) is 0 Å². The third-order valence-corrected chi connectivity index (χ3v) is 3.14. The highest BCUT2D eigenvalue weighted by atomic mass is 16.1. The summed E-state index contributed by atoms with van der Waals surface area (Å²) in [6, 6.07) is 0. The number of nitrogens with zero attached hydrogens (tertiary/aromatic N) is 3. The van der Waals surface area contributed by atoms with E-state index in [1.807, 2.05) is 0 Å². The molecule has 0 saturated carbocycles. The molecule has 0 unspecified atom stereocenters. The molecule has 0 aliphatic carbocycles. The van der Waals surface area contributed by atoms with Crippen molar-refractivity contribution in [2.45, 2.75) is 71.1 Å². The van der Waals surface area contributed by atoms with Gasteiger partial charge in [0.2, 0.25) is 5.91 Å². The third kappa shape index (κ3) is 14.9. The number of rotatable bonds is 13. The molecule has 0 aliphatic rings. The molecule has 110 valence electrons. The largest absolute Gasteiger partial charge is 0.310 e. The lowest BCUT2D eigenvalue weighted by Gasteiger charge is -2.03. The molecule has 19 heavy (non-hydrogen) atoms. The van der Waals surface area contributed by atoms with Crippen LogP contribution in [0, 0.1) is 0 Å². The molecule has 5 heteroatoms. The monoisotopic (exact) mass is 268 g/mol. The number of hydrogen-bond donors (Lipinski definition) is 1. The zero-order valence-corrected chi connectivity index (χ0v) is 12.2. The van der Waals surface area contributed by atoms with E-state index in [9.17, 15) is 4.79 Å². The fraction of sp³-hybridized carbons (Fsp3) is 0.929. The highest BCUT2D eigenvalue weighted by Gasteiger charge is 1.96. The van der Waals surface area contributed by atoms with Crippen LogP contribution in [0.2, 0.25) is 0 Å². The number of carbonyl (C=O) groups excluding carboxylic acids is 1. The SMILES string of the molecule is CCCCCCCCCCCCNCC(=O)N=[N+]=[N-]. The van der Waals surface area contributed by atoms with E-state index in [0.29, 0.717) is 0 Å². The molecule has 1 N–H and O–H groups in total. The zero-order chi connectivity index (χ0) is 14.2. The van der Waals surface area contributed by atoms with Gasteiger partial charge in [0.05, 0.1) is 6.54 Å². The van der Waals surface area contributed by atoms with E-state index in [2.05, 4.69) is 22.3 Å². The van der Waals surface area contributed by atoms with Crippen molar-refractivity contribution in [2.75, 3.05) is 13.1 Å². The lowest BCUT2D eigenvalue weighted by Crippen LogP contribution is -2.22. The van der Waals surface area contributed by atoms with Crippen molar-refractivity contribution < 1.29 is 4.79 Å². The van der Waals surface area contributed by atoms with E-state index in [1.165, 1.54) is 57.8 Å². The van der Waals surface area contributed by atoms with E-state index >= 15 is 0 Å². The van der Waals surface area contributed by atoms with Crippen LogP contribution in [-0.2, 0) is 4.79 Å². The maximum absolute atomic E-state index is 10.8. The quantitative estimate of drug-likeness (QED) is 0.233. The van der Waals surface area contributed by atoms with Crippen LogP contribution in [-0.4, -0.2) is 19.0 Å². The van der Waals surface area contributed by atoms with Crippen molar-refractivity contribution in [3.05, 3.63) is 10.4 Å². The molecular weight excluding hydrogens is 240 g/mol. The molecule has 0 atom stereocenters. The summed E-state index contributed by atoms with van der Waals surface area (Å²) in [6.07, 6.45) is 13.1. The molecule has 0 rings (SSSR count). The van der Waals surface area contributed by atoms with Gasteiger partial charge in [-0.05, 0) is 23.6 Å². The van der Waals surface area contributed by atoms with Crippen LogP contribution in [0.15, 0.2) is 5.11 Å². The highest BCUT2D eigenvalue weighted by molar-refractivity contribution is 5.78. The highest BCUT2D eigenvalue weighted by Crippen LogP contribution is 2.10. The van der Waals surface area contributed by atoms with Crippen LogP contribution in [0.4, 0.5) is 0 Å². The number of unbranched alkanes of at least 4 members (excludes halogenated alkanes) is 9. The Labute approximate surface area is 116 Å². The maximum atomic E-state index is 10.8. The molecule has 0 fully saturated rings. The van der Waals surface area contributed by atoms with Crippen LogP contribution in [0.1, 0.15) is 71.1 Å². The molecule has 0 aromatic rings. The molecule has 0 bridgehead atoms. The minimum absolute atomic E-state index is 0.154. The lowest BCUT2D eigenvalue weighted by molar-refractivity contribution is -0.117. The Kier molecular flexibility index (Phi) is 14.2. The van der Waals surface area contributed by atoms with Crippen LogP contribution < -0.4 is 5.32 Å². The van der Waals surface area contributed by atoms with Crippen molar-refractivity contribution >= 4 is 5.91 Å². The Bertz CT molecular complexity index is 262. The second-order valence-corrected chi connectivity index (χ2v) is 4.94. The number of amides is 1. The van der Waals surface area contributed by atoms with Gasteiger partial charge in [0, 0.05) is 4.91 Å². The third-order valence-electron chi connectivity index (χ3n) is 3.14. The topological polar surface area (TPSA) is 77.9 Å². The van der Waals surface area contributed by atoms with Gasteiger partial charge in [0.1, 0.15) is 0 Å². The van der Waals surface area contributed by atoms with E-state index in [4.69, 9.17) is 5.53 Å². The number of hydrogen-bond acceptors (Lipinski definition) is 2. The molecule has 0 saturated heterocycles. The minimum Gasteiger partial charge on any atom is -0.310 e. The second kappa shape index (κ2) is 15.0. The van der Waals surface area contributed by atoms with E-state index in [0.717, 1.165) is 13.0 Å². The van der Waals surface area contributed by atoms with Crippen LogP contribution in [0.3, 0.4) is 0 Å². The van der Waals surface area contributed by atoms with Crippen molar-refractivity contribution in [3.63, 3.8) is 0 Å². The zero-order valence-electron chi connectivity index (χ0n) is 12.2. The van der Waals surface area contributed by atoms with Crippen molar-refractivity contribution in [2.24, 2.45) is 5.11 Å². The van der Waals surface area contributed by atoms with Gasteiger partial charge in [-0.25, -0.2) is 0 Å². The van der Waals surface area contributed by atoms with Gasteiger partial charge in [-0.2, -0.15) is 0 Å². The van der Waals surface area contributed by atoms with E-state index in [-0.39, 0.29) is 6.54 Å². The Balaban J connectivity index is 3.06. The summed E-state index contributed by atoms with van der Waals surface area (Å²) in [7, 11) is 0. The van der Waals surface area contributed by atoms with Crippen molar-refractivity contribution in [1.29, 1.82) is 0 Å². The minimum atomic E-state index is -0.436. The number of azide groups is 1. The first-order chi connectivity index (χ1) is 9.31. The predicted octanol–water partition coefficient (Wildman–Crippen LogP) is 4.33. The predicted molar refractivity (Wildman–Crippen MR) is 78.9 cm³/mol. The Hall–Kier alpha value is -1.06. The average molecular weight is 268 g/mol. The smallest absolute Gasteiger partial charge is 0.232 e. The average Bonchev–Trinajstić information content (AvgIpc) is 2.40. The molecule has 0 radical (unpaired) electrons. The summed E-state index contributed by atoms with van der Waals surface area (Å²) < 4.78 is 0. The van der Waals surface area contributed by atoms with E-state index < -0.39 is 5.91 Å². The van der Waals surface area contributed by atoms with Gasteiger partial charge in [0.15, 0.2) is 0 Å². The first-order valence-electron chi connectivity index (χ1n) is 7.60. The molecule has 0 aromatic carbocycles. The number of nitrogens with one attached hydrogen (secondary N) is 1. The molecular formula is C14H28N4O. The molecule has 1 amide bonds.